The molecule has 0 aromatic heterocycles. The van der Waals surface area contributed by atoms with E-state index < -0.39 is 17.6 Å². The molecule has 1 aromatic carbocycles. The third-order valence-corrected chi connectivity index (χ3v) is 2.37. The van der Waals surface area contributed by atoms with Crippen molar-refractivity contribution < 1.29 is 22.7 Å². The Bertz CT molecular complexity index is 374. The van der Waals surface area contributed by atoms with E-state index in [1.54, 1.807) is 6.92 Å². The Labute approximate surface area is 96.3 Å². The fourth-order valence-electron chi connectivity index (χ4n) is 1.31. The molecule has 6 heteroatoms. The van der Waals surface area contributed by atoms with Gasteiger partial charge in [0.25, 0.3) is 0 Å². The van der Waals surface area contributed by atoms with Crippen molar-refractivity contribution in [2.24, 2.45) is 0 Å². The summed E-state index contributed by atoms with van der Waals surface area (Å²) in [6.07, 6.45) is -4.02. The monoisotopic (exact) mass is 251 g/mol. The predicted molar refractivity (Wildman–Crippen MR) is 56.2 cm³/mol. The zero-order valence-electron chi connectivity index (χ0n) is 9.18. The van der Waals surface area contributed by atoms with E-state index in [9.17, 15) is 17.6 Å². The molecule has 0 radical (unpaired) electrons. The highest BCUT2D eigenvalue weighted by molar-refractivity contribution is 5.47. The van der Waals surface area contributed by atoms with Crippen molar-refractivity contribution in [3.05, 3.63) is 29.6 Å². The van der Waals surface area contributed by atoms with Crippen molar-refractivity contribution in [3.63, 3.8) is 0 Å². The molecule has 96 valence electrons. The van der Waals surface area contributed by atoms with Crippen LogP contribution in [-0.2, 0) is 6.18 Å². The van der Waals surface area contributed by atoms with E-state index in [0.717, 1.165) is 12.1 Å². The van der Waals surface area contributed by atoms with E-state index in [-0.39, 0.29) is 18.3 Å². The lowest BCUT2D eigenvalue weighted by Gasteiger charge is -2.16. The quantitative estimate of drug-likeness (QED) is 0.806. The minimum absolute atomic E-state index is 0.0427. The van der Waals surface area contributed by atoms with Crippen molar-refractivity contribution in [1.82, 2.24) is 0 Å². The van der Waals surface area contributed by atoms with Gasteiger partial charge in [-0.3, -0.25) is 0 Å². The van der Waals surface area contributed by atoms with Crippen LogP contribution >= 0.6 is 0 Å². The van der Waals surface area contributed by atoms with Crippen LogP contribution in [0.1, 0.15) is 18.9 Å². The molecule has 0 amide bonds. The first kappa shape index (κ1) is 13.8. The van der Waals surface area contributed by atoms with Crippen molar-refractivity contribution in [1.29, 1.82) is 0 Å². The first-order valence-corrected chi connectivity index (χ1v) is 5.12. The third kappa shape index (κ3) is 3.59. The first-order valence-electron chi connectivity index (χ1n) is 5.12. The molecule has 0 heterocycles. The minimum atomic E-state index is -4.56. The molecule has 0 aliphatic carbocycles. The lowest BCUT2D eigenvalue weighted by atomic mass is 10.1. The van der Waals surface area contributed by atoms with Crippen LogP contribution in [0.4, 0.5) is 23.2 Å². The number of hydrogen-bond acceptors (Lipinski definition) is 2. The summed E-state index contributed by atoms with van der Waals surface area (Å²) in [6, 6.07) is 1.89. The first-order chi connectivity index (χ1) is 7.88. The fraction of sp³-hybridized carbons (Fsp3) is 0.455. The SMILES string of the molecule is CCC(CO)Nc1ccc(C(F)(F)F)cc1F. The van der Waals surface area contributed by atoms with E-state index in [4.69, 9.17) is 5.11 Å². The highest BCUT2D eigenvalue weighted by Gasteiger charge is 2.31. The Morgan fingerprint density at radius 2 is 2.00 bits per heavy atom. The number of nitrogens with one attached hydrogen (secondary N) is 1. The van der Waals surface area contributed by atoms with Crippen LogP contribution in [0, 0.1) is 5.82 Å². The fourth-order valence-corrected chi connectivity index (χ4v) is 1.31. The molecule has 0 fully saturated rings. The normalized spacial score (nSPS) is 13.5. The molecule has 1 unspecified atom stereocenters. The van der Waals surface area contributed by atoms with Gasteiger partial charge in [0.2, 0.25) is 0 Å². The topological polar surface area (TPSA) is 32.3 Å². The highest BCUT2D eigenvalue weighted by Crippen LogP contribution is 2.31. The smallest absolute Gasteiger partial charge is 0.394 e. The number of aliphatic hydroxyl groups excluding tert-OH is 1. The standard InChI is InChI=1S/C11H13F4NO/c1-2-8(6-17)16-10-4-3-7(5-9(10)12)11(13,14)15/h3-5,8,16-17H,2,6H2,1H3. The Morgan fingerprint density at radius 1 is 1.35 bits per heavy atom. The summed E-state index contributed by atoms with van der Waals surface area (Å²) in [7, 11) is 0. The van der Waals surface area contributed by atoms with Gasteiger partial charge in [-0.2, -0.15) is 13.2 Å². The van der Waals surface area contributed by atoms with Crippen LogP contribution in [0.25, 0.3) is 0 Å². The molecule has 0 saturated carbocycles. The largest absolute Gasteiger partial charge is 0.416 e. The van der Waals surface area contributed by atoms with Gasteiger partial charge in [-0.15, -0.1) is 0 Å². The molecular weight excluding hydrogens is 238 g/mol. The summed E-state index contributed by atoms with van der Waals surface area (Å²) in [4.78, 5) is 0. The summed E-state index contributed by atoms with van der Waals surface area (Å²) in [5.74, 6) is -0.980. The number of benzene rings is 1. The summed E-state index contributed by atoms with van der Waals surface area (Å²) in [6.45, 7) is 1.56. The summed E-state index contributed by atoms with van der Waals surface area (Å²) >= 11 is 0. The molecule has 1 atom stereocenters. The minimum Gasteiger partial charge on any atom is -0.394 e. The second kappa shape index (κ2) is 5.35. The van der Waals surface area contributed by atoms with E-state index in [0.29, 0.717) is 12.5 Å². The van der Waals surface area contributed by atoms with E-state index >= 15 is 0 Å². The van der Waals surface area contributed by atoms with Crippen LogP contribution in [0.2, 0.25) is 0 Å². The maximum atomic E-state index is 13.4. The Hall–Kier alpha value is -1.30. The Morgan fingerprint density at radius 3 is 2.41 bits per heavy atom. The molecule has 0 saturated heterocycles. The predicted octanol–water partition coefficient (Wildman–Crippen LogP) is 3.03. The van der Waals surface area contributed by atoms with Gasteiger partial charge in [-0.25, -0.2) is 4.39 Å². The van der Waals surface area contributed by atoms with Crippen molar-refractivity contribution in [2.45, 2.75) is 25.6 Å². The molecule has 2 nitrogen and oxygen atoms in total. The van der Waals surface area contributed by atoms with Crippen LogP contribution < -0.4 is 5.32 Å². The van der Waals surface area contributed by atoms with Gasteiger partial charge in [-0.1, -0.05) is 6.92 Å². The summed E-state index contributed by atoms with van der Waals surface area (Å²) in [5, 5.41) is 11.5. The zero-order valence-corrected chi connectivity index (χ0v) is 9.18. The average molecular weight is 251 g/mol. The lowest BCUT2D eigenvalue weighted by Crippen LogP contribution is -2.23. The second-order valence-corrected chi connectivity index (χ2v) is 3.62. The molecule has 0 spiro atoms. The molecule has 0 bridgehead atoms. The maximum Gasteiger partial charge on any atom is 0.416 e. The van der Waals surface area contributed by atoms with Crippen LogP contribution in [0.3, 0.4) is 0 Å². The van der Waals surface area contributed by atoms with Gasteiger partial charge < -0.3 is 10.4 Å². The molecule has 0 aliphatic rings. The molecule has 2 N–H and O–H groups in total. The van der Waals surface area contributed by atoms with Gasteiger partial charge in [0, 0.05) is 6.04 Å². The molecule has 0 aliphatic heterocycles. The van der Waals surface area contributed by atoms with Crippen LogP contribution in [0.5, 0.6) is 0 Å². The Kier molecular flexibility index (Phi) is 4.34. The summed E-state index contributed by atoms with van der Waals surface area (Å²) in [5.41, 5.74) is -1.07. The number of aliphatic hydroxyl groups is 1. The van der Waals surface area contributed by atoms with E-state index in [1.807, 2.05) is 0 Å². The van der Waals surface area contributed by atoms with Crippen molar-refractivity contribution >= 4 is 5.69 Å². The second-order valence-electron chi connectivity index (χ2n) is 3.62. The average Bonchev–Trinajstić information content (AvgIpc) is 2.26. The van der Waals surface area contributed by atoms with Crippen molar-refractivity contribution in [2.75, 3.05) is 11.9 Å². The molecular formula is C11H13F4NO. The number of halogens is 4. The number of alkyl halides is 3. The van der Waals surface area contributed by atoms with Gasteiger partial charge in [0.05, 0.1) is 17.9 Å². The van der Waals surface area contributed by atoms with Gasteiger partial charge >= 0.3 is 6.18 Å². The highest BCUT2D eigenvalue weighted by atomic mass is 19.4. The lowest BCUT2D eigenvalue weighted by molar-refractivity contribution is -0.137. The Balaban J connectivity index is 2.90. The van der Waals surface area contributed by atoms with E-state index in [2.05, 4.69) is 5.32 Å². The zero-order chi connectivity index (χ0) is 13.1. The molecule has 17 heavy (non-hydrogen) atoms. The van der Waals surface area contributed by atoms with Gasteiger partial charge in [0.1, 0.15) is 5.82 Å². The van der Waals surface area contributed by atoms with Crippen LogP contribution in [-0.4, -0.2) is 17.8 Å². The van der Waals surface area contributed by atoms with Crippen LogP contribution in [0.15, 0.2) is 18.2 Å². The summed E-state index contributed by atoms with van der Waals surface area (Å²) < 4.78 is 50.2. The number of hydrogen-bond donors (Lipinski definition) is 2. The number of rotatable bonds is 4. The number of anilines is 1. The maximum absolute atomic E-state index is 13.4. The van der Waals surface area contributed by atoms with Gasteiger partial charge in [0.15, 0.2) is 0 Å². The molecule has 1 aromatic rings. The molecule has 1 rings (SSSR count). The third-order valence-electron chi connectivity index (χ3n) is 2.37. The van der Waals surface area contributed by atoms with Crippen molar-refractivity contribution in [3.8, 4) is 0 Å². The van der Waals surface area contributed by atoms with Gasteiger partial charge in [-0.05, 0) is 24.6 Å². The van der Waals surface area contributed by atoms with E-state index in [1.165, 1.54) is 0 Å².